The molecule has 2 aliphatic rings. The van der Waals surface area contributed by atoms with Gasteiger partial charge in [0.15, 0.2) is 0 Å². The lowest BCUT2D eigenvalue weighted by Gasteiger charge is -2.36. The third-order valence-electron chi connectivity index (χ3n) is 6.23. The minimum absolute atomic E-state index is 0. The molecule has 3 nitrogen and oxygen atoms in total. The van der Waals surface area contributed by atoms with Crippen molar-refractivity contribution in [1.82, 2.24) is 4.90 Å². The second-order valence-electron chi connectivity index (χ2n) is 8.98. The third kappa shape index (κ3) is 7.28. The summed E-state index contributed by atoms with van der Waals surface area (Å²) >= 11 is 3.74. The third-order valence-corrected chi connectivity index (χ3v) is 7.00. The minimum atomic E-state index is 0. The van der Waals surface area contributed by atoms with E-state index in [0.717, 1.165) is 30.6 Å². The van der Waals surface area contributed by atoms with Crippen LogP contribution in [0.15, 0.2) is 46.9 Å². The second-order valence-corrected chi connectivity index (χ2v) is 9.83. The van der Waals surface area contributed by atoms with Gasteiger partial charge in [0.25, 0.3) is 0 Å². The van der Waals surface area contributed by atoms with Gasteiger partial charge in [-0.05, 0) is 99.8 Å². The van der Waals surface area contributed by atoms with Gasteiger partial charge < -0.3 is 15.0 Å². The van der Waals surface area contributed by atoms with E-state index >= 15 is 0 Å². The van der Waals surface area contributed by atoms with Crippen molar-refractivity contribution in [1.29, 1.82) is 0 Å². The van der Waals surface area contributed by atoms with Crippen LogP contribution in [-0.2, 0) is 12.8 Å². The van der Waals surface area contributed by atoms with Crippen molar-refractivity contribution in [3.05, 3.63) is 58.1 Å². The number of para-hydroxylation sites is 1. The van der Waals surface area contributed by atoms with Gasteiger partial charge in [-0.25, -0.2) is 0 Å². The van der Waals surface area contributed by atoms with Crippen LogP contribution in [0, 0.1) is 11.8 Å². The predicted molar refractivity (Wildman–Crippen MR) is 139 cm³/mol. The Morgan fingerprint density at radius 1 is 1.06 bits per heavy atom. The molecular weight excluding hydrogens is 495 g/mol. The molecule has 1 saturated heterocycles. The van der Waals surface area contributed by atoms with Gasteiger partial charge >= 0.3 is 0 Å². The summed E-state index contributed by atoms with van der Waals surface area (Å²) in [5, 5.41) is 3.62. The molecule has 2 aliphatic heterocycles. The maximum Gasteiger partial charge on any atom is 0.120 e. The van der Waals surface area contributed by atoms with Crippen LogP contribution in [0.5, 0.6) is 5.75 Å². The highest BCUT2D eigenvalue weighted by molar-refractivity contribution is 9.10. The number of rotatable bonds is 6. The van der Waals surface area contributed by atoms with E-state index in [9.17, 15) is 0 Å². The monoisotopic (exact) mass is 528 g/mol. The summed E-state index contributed by atoms with van der Waals surface area (Å²) in [7, 11) is 0. The van der Waals surface area contributed by atoms with Gasteiger partial charge in [-0.2, -0.15) is 0 Å². The van der Waals surface area contributed by atoms with Crippen LogP contribution in [0.2, 0.25) is 0 Å². The Balaban J connectivity index is 0.00000171. The van der Waals surface area contributed by atoms with Crippen LogP contribution in [-0.4, -0.2) is 37.2 Å². The normalized spacial score (nSPS) is 19.0. The van der Waals surface area contributed by atoms with Gasteiger partial charge in [-0.3, -0.25) is 0 Å². The Morgan fingerprint density at radius 3 is 2.55 bits per heavy atom. The number of hydrogen-bond donors (Lipinski definition) is 1. The molecule has 0 amide bonds. The summed E-state index contributed by atoms with van der Waals surface area (Å²) < 4.78 is 7.10. The fourth-order valence-corrected chi connectivity index (χ4v) is 5.15. The fourth-order valence-electron chi connectivity index (χ4n) is 4.74. The summed E-state index contributed by atoms with van der Waals surface area (Å²) in [6.45, 7) is 8.93. The van der Waals surface area contributed by atoms with E-state index < -0.39 is 0 Å². The molecule has 2 aromatic carbocycles. The number of benzene rings is 2. The van der Waals surface area contributed by atoms with Crippen LogP contribution in [0.1, 0.15) is 37.8 Å². The van der Waals surface area contributed by atoms with Crippen molar-refractivity contribution in [3.8, 4) is 5.75 Å². The molecule has 2 aromatic rings. The lowest BCUT2D eigenvalue weighted by molar-refractivity contribution is 0.161. The molecule has 1 atom stereocenters. The first-order valence-electron chi connectivity index (χ1n) is 11.1. The average molecular weight is 530 g/mol. The number of halogens is 3. The van der Waals surface area contributed by atoms with E-state index in [2.05, 4.69) is 82.5 Å². The highest BCUT2D eigenvalue weighted by Gasteiger charge is 2.25. The van der Waals surface area contributed by atoms with Crippen molar-refractivity contribution in [2.75, 3.05) is 31.5 Å². The summed E-state index contributed by atoms with van der Waals surface area (Å²) in [4.78, 5) is 2.68. The Labute approximate surface area is 208 Å². The summed E-state index contributed by atoms with van der Waals surface area (Å²) in [5.74, 6) is 2.48. The largest absolute Gasteiger partial charge is 0.491 e. The first kappa shape index (κ1) is 26.3. The molecule has 6 heteroatoms. The molecule has 31 heavy (non-hydrogen) atoms. The Bertz CT molecular complexity index is 825. The molecule has 0 bridgehead atoms. The van der Waals surface area contributed by atoms with Crippen molar-refractivity contribution in [2.45, 2.75) is 45.6 Å². The maximum absolute atomic E-state index is 5.89. The van der Waals surface area contributed by atoms with E-state index in [-0.39, 0.29) is 30.9 Å². The summed E-state index contributed by atoms with van der Waals surface area (Å²) in [5.41, 5.74) is 4.19. The summed E-state index contributed by atoms with van der Waals surface area (Å²) in [6.07, 6.45) is 5.14. The molecule has 1 fully saturated rings. The molecule has 0 aliphatic carbocycles. The molecule has 172 valence electrons. The SMILES string of the molecule is CC(C)Oc1ccc(Br)c(CC2CCN(CC3CNc4ccccc4C3)CC2)c1.Cl.Cl. The highest BCUT2D eigenvalue weighted by atomic mass is 79.9. The standard InChI is InChI=1S/C25H33BrN2O.2ClH/c1-18(2)29-23-7-8-24(26)22(15-23)13-19-9-11-28(12-10-19)17-20-14-21-5-3-4-6-25(21)27-16-20;;/h3-8,15,18-20,27H,9-14,16-17H2,1-2H3;2*1H. The van der Waals surface area contributed by atoms with Gasteiger partial charge in [-0.1, -0.05) is 34.1 Å². The zero-order valence-corrected chi connectivity index (χ0v) is 21.7. The molecule has 0 spiro atoms. The zero-order valence-electron chi connectivity index (χ0n) is 18.5. The molecule has 1 unspecified atom stereocenters. The molecule has 0 aromatic heterocycles. The van der Waals surface area contributed by atoms with Gasteiger partial charge in [0.05, 0.1) is 6.10 Å². The smallest absolute Gasteiger partial charge is 0.120 e. The van der Waals surface area contributed by atoms with Gasteiger partial charge in [0, 0.05) is 23.2 Å². The molecule has 0 saturated carbocycles. The van der Waals surface area contributed by atoms with Gasteiger partial charge in [-0.15, -0.1) is 24.8 Å². The van der Waals surface area contributed by atoms with Crippen LogP contribution in [0.3, 0.4) is 0 Å². The molecule has 4 rings (SSSR count). The quantitative estimate of drug-likeness (QED) is 0.455. The molecule has 1 N–H and O–H groups in total. The van der Waals surface area contributed by atoms with E-state index in [4.69, 9.17) is 4.74 Å². The van der Waals surface area contributed by atoms with E-state index in [1.165, 1.54) is 60.2 Å². The number of hydrogen-bond acceptors (Lipinski definition) is 3. The Hall–Kier alpha value is -0.940. The molecule has 2 heterocycles. The van der Waals surface area contributed by atoms with Crippen LogP contribution >= 0.6 is 40.7 Å². The van der Waals surface area contributed by atoms with Crippen molar-refractivity contribution < 1.29 is 4.74 Å². The minimum Gasteiger partial charge on any atom is -0.491 e. The first-order valence-corrected chi connectivity index (χ1v) is 11.9. The number of fused-ring (bicyclic) bond motifs is 1. The first-order chi connectivity index (χ1) is 14.1. The number of likely N-dealkylation sites (tertiary alicyclic amines) is 1. The number of anilines is 1. The number of ether oxygens (including phenoxy) is 1. The number of piperidine rings is 1. The van der Waals surface area contributed by atoms with E-state index in [0.29, 0.717) is 0 Å². The van der Waals surface area contributed by atoms with Crippen molar-refractivity contribution in [3.63, 3.8) is 0 Å². The molecule has 0 radical (unpaired) electrons. The molecular formula is C25H35BrCl2N2O. The van der Waals surface area contributed by atoms with E-state index in [1.807, 2.05) is 0 Å². The van der Waals surface area contributed by atoms with Crippen LogP contribution in [0.25, 0.3) is 0 Å². The number of nitrogens with one attached hydrogen (secondary N) is 1. The van der Waals surface area contributed by atoms with Crippen LogP contribution < -0.4 is 10.1 Å². The lowest BCUT2D eigenvalue weighted by atomic mass is 9.88. The maximum atomic E-state index is 5.89. The average Bonchev–Trinajstić information content (AvgIpc) is 2.71. The Kier molecular flexibility index (Phi) is 10.5. The Morgan fingerprint density at radius 2 is 1.81 bits per heavy atom. The van der Waals surface area contributed by atoms with E-state index in [1.54, 1.807) is 0 Å². The topological polar surface area (TPSA) is 24.5 Å². The summed E-state index contributed by atoms with van der Waals surface area (Å²) in [6, 6.07) is 15.2. The van der Waals surface area contributed by atoms with Crippen molar-refractivity contribution >= 4 is 46.4 Å². The van der Waals surface area contributed by atoms with Gasteiger partial charge in [0.2, 0.25) is 0 Å². The van der Waals surface area contributed by atoms with Crippen molar-refractivity contribution in [2.24, 2.45) is 11.8 Å². The number of nitrogens with zero attached hydrogens (tertiary/aromatic N) is 1. The lowest BCUT2D eigenvalue weighted by Crippen LogP contribution is -2.40. The second kappa shape index (κ2) is 12.3. The predicted octanol–water partition coefficient (Wildman–Crippen LogP) is 6.62. The van der Waals surface area contributed by atoms with Crippen LogP contribution in [0.4, 0.5) is 5.69 Å². The fraction of sp³-hybridized carbons (Fsp3) is 0.520. The van der Waals surface area contributed by atoms with Gasteiger partial charge in [0.1, 0.15) is 5.75 Å². The zero-order chi connectivity index (χ0) is 20.2. The highest BCUT2D eigenvalue weighted by Crippen LogP contribution is 2.30.